The lowest BCUT2D eigenvalue weighted by molar-refractivity contribution is 0.103. The third kappa shape index (κ3) is 2.11. The van der Waals surface area contributed by atoms with Gasteiger partial charge in [0, 0.05) is 25.9 Å². The number of aryl methyl sites for hydroxylation is 2. The molecule has 0 aliphatic rings. The Morgan fingerprint density at radius 2 is 2.06 bits per heavy atom. The van der Waals surface area contributed by atoms with Gasteiger partial charge in [-0.1, -0.05) is 12.1 Å². The molecule has 3 heteroatoms. The van der Waals surface area contributed by atoms with Crippen LogP contribution in [0.25, 0.3) is 0 Å². The maximum atomic E-state index is 12.2. The van der Waals surface area contributed by atoms with Crippen molar-refractivity contribution in [3.05, 3.63) is 55.7 Å². The zero-order valence-corrected chi connectivity index (χ0v) is 11.5. The summed E-state index contributed by atoms with van der Waals surface area (Å²) in [6.07, 6.45) is 0. The Balaban J connectivity index is 2.45. The van der Waals surface area contributed by atoms with Crippen LogP contribution >= 0.6 is 27.3 Å². The minimum absolute atomic E-state index is 0.0833. The minimum atomic E-state index is 0.0833. The molecule has 0 amide bonds. The summed E-state index contributed by atoms with van der Waals surface area (Å²) in [6, 6.07) is 7.68. The molecule has 0 N–H and O–H groups in total. The van der Waals surface area contributed by atoms with E-state index in [0.29, 0.717) is 0 Å². The largest absolute Gasteiger partial charge is 0.289 e. The fraction of sp³-hybridized carbons (Fsp3) is 0.154. The van der Waals surface area contributed by atoms with Gasteiger partial charge in [0.1, 0.15) is 0 Å². The molecule has 0 aliphatic heterocycles. The number of benzene rings is 1. The molecule has 1 nitrogen and oxygen atoms in total. The molecular formula is C13H11BrOS. The Kier molecular flexibility index (Phi) is 3.26. The Morgan fingerprint density at radius 1 is 1.31 bits per heavy atom. The third-order valence-corrected chi connectivity index (χ3v) is 4.34. The lowest BCUT2D eigenvalue weighted by Crippen LogP contribution is -2.01. The van der Waals surface area contributed by atoms with Gasteiger partial charge in [-0.2, -0.15) is 0 Å². The van der Waals surface area contributed by atoms with Crippen molar-refractivity contribution >= 4 is 33.0 Å². The Labute approximate surface area is 107 Å². The molecule has 0 unspecified atom stereocenters. The van der Waals surface area contributed by atoms with E-state index in [1.54, 1.807) is 11.3 Å². The molecule has 0 atom stereocenters. The van der Waals surface area contributed by atoms with Crippen molar-refractivity contribution in [2.24, 2.45) is 0 Å². The van der Waals surface area contributed by atoms with Crippen LogP contribution in [0.2, 0.25) is 0 Å². The summed E-state index contributed by atoms with van der Waals surface area (Å²) in [5, 5.41) is 1.91. The molecule has 0 aliphatic carbocycles. The molecule has 0 radical (unpaired) electrons. The van der Waals surface area contributed by atoms with E-state index in [1.807, 2.05) is 43.5 Å². The first kappa shape index (κ1) is 11.6. The molecule has 82 valence electrons. The molecule has 0 bridgehead atoms. The monoisotopic (exact) mass is 294 g/mol. The predicted octanol–water partition coefficient (Wildman–Crippen LogP) is 4.36. The number of hydrogen-bond acceptors (Lipinski definition) is 2. The van der Waals surface area contributed by atoms with Gasteiger partial charge in [0.15, 0.2) is 5.78 Å². The predicted molar refractivity (Wildman–Crippen MR) is 71.4 cm³/mol. The van der Waals surface area contributed by atoms with Crippen LogP contribution in [0.15, 0.2) is 34.1 Å². The maximum absolute atomic E-state index is 12.2. The molecule has 0 saturated carbocycles. The Morgan fingerprint density at radius 3 is 2.69 bits per heavy atom. The van der Waals surface area contributed by atoms with Gasteiger partial charge >= 0.3 is 0 Å². The van der Waals surface area contributed by atoms with Crippen molar-refractivity contribution < 1.29 is 4.79 Å². The number of rotatable bonds is 2. The minimum Gasteiger partial charge on any atom is -0.289 e. The smallest absolute Gasteiger partial charge is 0.195 e. The second kappa shape index (κ2) is 4.52. The summed E-state index contributed by atoms with van der Waals surface area (Å²) in [5.41, 5.74) is 2.59. The summed E-state index contributed by atoms with van der Waals surface area (Å²) in [7, 11) is 0. The van der Waals surface area contributed by atoms with Crippen LogP contribution in [-0.2, 0) is 0 Å². The topological polar surface area (TPSA) is 17.1 Å². The molecule has 1 aromatic carbocycles. The number of hydrogen-bond donors (Lipinski definition) is 0. The van der Waals surface area contributed by atoms with E-state index in [0.717, 1.165) is 26.0 Å². The van der Waals surface area contributed by atoms with E-state index in [-0.39, 0.29) is 5.78 Å². The van der Waals surface area contributed by atoms with Crippen LogP contribution in [0.3, 0.4) is 0 Å². The molecular weight excluding hydrogens is 284 g/mol. The number of halogens is 1. The van der Waals surface area contributed by atoms with Crippen LogP contribution in [0.5, 0.6) is 0 Å². The zero-order valence-electron chi connectivity index (χ0n) is 9.08. The average molecular weight is 295 g/mol. The molecule has 1 heterocycles. The molecule has 0 saturated heterocycles. The van der Waals surface area contributed by atoms with Gasteiger partial charge in [0.05, 0.1) is 0 Å². The summed E-state index contributed by atoms with van der Waals surface area (Å²) >= 11 is 5.07. The first-order chi connectivity index (χ1) is 7.59. The van der Waals surface area contributed by atoms with E-state index in [4.69, 9.17) is 0 Å². The SMILES string of the molecule is Cc1cc(C(=O)c2cccc(C)c2Br)cs1. The van der Waals surface area contributed by atoms with Crippen molar-refractivity contribution in [2.45, 2.75) is 13.8 Å². The van der Waals surface area contributed by atoms with Gasteiger partial charge in [-0.25, -0.2) is 0 Å². The average Bonchev–Trinajstić information content (AvgIpc) is 2.68. The van der Waals surface area contributed by atoms with Crippen LogP contribution in [0.4, 0.5) is 0 Å². The highest BCUT2D eigenvalue weighted by atomic mass is 79.9. The van der Waals surface area contributed by atoms with E-state index < -0.39 is 0 Å². The Hall–Kier alpha value is -0.930. The van der Waals surface area contributed by atoms with Gasteiger partial charge in [0.2, 0.25) is 0 Å². The highest BCUT2D eigenvalue weighted by molar-refractivity contribution is 9.10. The van der Waals surface area contributed by atoms with Crippen molar-refractivity contribution in [2.75, 3.05) is 0 Å². The second-order valence-corrected chi connectivity index (χ2v) is 5.62. The number of carbonyl (C=O) groups is 1. The summed E-state index contributed by atoms with van der Waals surface area (Å²) in [6.45, 7) is 3.99. The highest BCUT2D eigenvalue weighted by Crippen LogP contribution is 2.25. The van der Waals surface area contributed by atoms with Gasteiger partial charge < -0.3 is 0 Å². The van der Waals surface area contributed by atoms with Crippen LogP contribution in [0, 0.1) is 13.8 Å². The fourth-order valence-electron chi connectivity index (χ4n) is 1.54. The maximum Gasteiger partial charge on any atom is 0.195 e. The first-order valence-electron chi connectivity index (χ1n) is 4.94. The first-order valence-corrected chi connectivity index (χ1v) is 6.62. The lowest BCUT2D eigenvalue weighted by atomic mass is 10.0. The molecule has 0 fully saturated rings. The van der Waals surface area contributed by atoms with Crippen LogP contribution in [0.1, 0.15) is 26.4 Å². The van der Waals surface area contributed by atoms with Crippen molar-refractivity contribution in [1.82, 2.24) is 0 Å². The van der Waals surface area contributed by atoms with Gasteiger partial charge in [0.25, 0.3) is 0 Å². The van der Waals surface area contributed by atoms with Gasteiger partial charge in [-0.05, 0) is 47.5 Å². The molecule has 2 rings (SSSR count). The van der Waals surface area contributed by atoms with E-state index in [9.17, 15) is 4.79 Å². The molecule has 0 spiro atoms. The third-order valence-electron chi connectivity index (χ3n) is 2.43. The van der Waals surface area contributed by atoms with Crippen molar-refractivity contribution in [3.63, 3.8) is 0 Å². The number of thiophene rings is 1. The van der Waals surface area contributed by atoms with Crippen LogP contribution in [-0.4, -0.2) is 5.78 Å². The molecule has 1 aromatic heterocycles. The molecule has 2 aromatic rings. The normalized spacial score (nSPS) is 10.4. The highest BCUT2D eigenvalue weighted by Gasteiger charge is 2.14. The fourth-order valence-corrected chi connectivity index (χ4v) is 2.67. The molecule has 16 heavy (non-hydrogen) atoms. The van der Waals surface area contributed by atoms with Crippen molar-refractivity contribution in [3.8, 4) is 0 Å². The number of ketones is 1. The lowest BCUT2D eigenvalue weighted by Gasteiger charge is -2.04. The van der Waals surface area contributed by atoms with Gasteiger partial charge in [-0.15, -0.1) is 11.3 Å². The second-order valence-electron chi connectivity index (χ2n) is 3.71. The van der Waals surface area contributed by atoms with Crippen molar-refractivity contribution in [1.29, 1.82) is 0 Å². The Bertz CT molecular complexity index is 543. The van der Waals surface area contributed by atoms with Crippen LogP contribution < -0.4 is 0 Å². The summed E-state index contributed by atoms with van der Waals surface area (Å²) in [5.74, 6) is 0.0833. The van der Waals surface area contributed by atoms with Gasteiger partial charge in [-0.3, -0.25) is 4.79 Å². The van der Waals surface area contributed by atoms with E-state index in [2.05, 4.69) is 15.9 Å². The van der Waals surface area contributed by atoms with E-state index in [1.165, 1.54) is 0 Å². The summed E-state index contributed by atoms with van der Waals surface area (Å²) < 4.78 is 0.892. The quantitative estimate of drug-likeness (QED) is 0.752. The zero-order chi connectivity index (χ0) is 11.7. The number of carbonyl (C=O) groups excluding carboxylic acids is 1. The van der Waals surface area contributed by atoms with E-state index >= 15 is 0 Å². The standard InChI is InChI=1S/C13H11BrOS/c1-8-4-3-5-11(12(8)14)13(15)10-6-9(2)16-7-10/h3-7H,1-2H3. The summed E-state index contributed by atoms with van der Waals surface area (Å²) in [4.78, 5) is 13.4.